The van der Waals surface area contributed by atoms with Gasteiger partial charge in [0.05, 0.1) is 6.42 Å². The van der Waals surface area contributed by atoms with E-state index in [0.717, 1.165) is 0 Å². The summed E-state index contributed by atoms with van der Waals surface area (Å²) in [7, 11) is 0. The summed E-state index contributed by atoms with van der Waals surface area (Å²) in [5.74, 6) is -3.05. The maximum absolute atomic E-state index is 9.71. The molecular formula is C3H6N2O8. The lowest BCUT2D eigenvalue weighted by molar-refractivity contribution is -0.894. The molecule has 0 saturated carbocycles. The fourth-order valence-corrected chi connectivity index (χ4v) is 0.482. The van der Waals surface area contributed by atoms with E-state index in [4.69, 9.17) is 10.2 Å². The zero-order valence-electron chi connectivity index (χ0n) is 6.15. The average molecular weight is 198 g/mol. The van der Waals surface area contributed by atoms with Crippen LogP contribution in [0.1, 0.15) is 6.42 Å². The molecule has 10 heteroatoms. The van der Waals surface area contributed by atoms with Crippen LogP contribution < -0.4 is 0 Å². The summed E-state index contributed by atoms with van der Waals surface area (Å²) in [5, 5.41) is 33.6. The van der Waals surface area contributed by atoms with Crippen LogP contribution in [-0.4, -0.2) is 33.0 Å². The normalized spacial score (nSPS) is 10.6. The van der Waals surface area contributed by atoms with Crippen molar-refractivity contribution in [2.75, 3.05) is 6.61 Å². The highest BCUT2D eigenvalue weighted by Gasteiger charge is 2.35. The molecule has 0 unspecified atom stereocenters. The first-order chi connectivity index (χ1) is 5.89. The molecule has 0 saturated heterocycles. The fraction of sp³-hybridized carbons (Fsp3) is 1.00. The van der Waals surface area contributed by atoms with E-state index in [-0.39, 0.29) is 0 Å². The van der Waals surface area contributed by atoms with Crippen molar-refractivity contribution in [3.05, 3.63) is 20.2 Å². The molecule has 0 aromatic heterocycles. The van der Waals surface area contributed by atoms with E-state index < -0.39 is 29.2 Å². The molecule has 0 aliphatic carbocycles. The van der Waals surface area contributed by atoms with E-state index in [1.54, 1.807) is 0 Å². The summed E-state index contributed by atoms with van der Waals surface area (Å²) in [6.45, 7) is -0.780. The van der Waals surface area contributed by atoms with E-state index in [1.165, 1.54) is 0 Å². The topological polar surface area (TPSA) is 145 Å². The summed E-state index contributed by atoms with van der Waals surface area (Å²) in [5.41, 5.74) is 0. The molecule has 0 rings (SSSR count). The van der Waals surface area contributed by atoms with Crippen LogP contribution in [-0.2, 0) is 9.68 Å². The zero-order chi connectivity index (χ0) is 10.5. The van der Waals surface area contributed by atoms with Crippen molar-refractivity contribution in [2.45, 2.75) is 12.4 Å². The Hall–Kier alpha value is -1.68. The molecule has 0 atom stereocenters. The fourth-order valence-electron chi connectivity index (χ4n) is 0.482. The van der Waals surface area contributed by atoms with Crippen molar-refractivity contribution in [1.29, 1.82) is 0 Å². The Bertz CT molecular complexity index is 188. The molecule has 0 radical (unpaired) electrons. The van der Waals surface area contributed by atoms with Gasteiger partial charge < -0.3 is 10.2 Å². The van der Waals surface area contributed by atoms with Gasteiger partial charge in [0.15, 0.2) is 0 Å². The summed E-state index contributed by atoms with van der Waals surface area (Å²) < 4.78 is 0. The molecular weight excluding hydrogens is 192 g/mol. The summed E-state index contributed by atoms with van der Waals surface area (Å²) in [6, 6.07) is 0. The second-order valence-electron chi connectivity index (χ2n) is 1.82. The average Bonchev–Trinajstić information content (AvgIpc) is 1.81. The van der Waals surface area contributed by atoms with Gasteiger partial charge in [-0.15, -0.1) is 20.2 Å². The number of aliphatic hydroxyl groups is 2. The van der Waals surface area contributed by atoms with E-state index in [0.29, 0.717) is 0 Å². The van der Waals surface area contributed by atoms with Crippen molar-refractivity contribution in [3.63, 3.8) is 0 Å². The van der Waals surface area contributed by atoms with Crippen molar-refractivity contribution < 1.29 is 30.1 Å². The summed E-state index contributed by atoms with van der Waals surface area (Å²) in [4.78, 5) is 26.3. The first kappa shape index (κ1) is 11.3. The largest absolute Gasteiger partial charge is 0.396 e. The lowest BCUT2D eigenvalue weighted by Gasteiger charge is -2.20. The zero-order valence-corrected chi connectivity index (χ0v) is 6.15. The van der Waals surface area contributed by atoms with Gasteiger partial charge in [-0.2, -0.15) is 0 Å². The summed E-state index contributed by atoms with van der Waals surface area (Å²) >= 11 is 0. The van der Waals surface area contributed by atoms with E-state index in [1.807, 2.05) is 0 Å². The first-order valence-corrected chi connectivity index (χ1v) is 2.90. The van der Waals surface area contributed by atoms with Crippen molar-refractivity contribution in [2.24, 2.45) is 0 Å². The maximum Gasteiger partial charge on any atom is 0.366 e. The van der Waals surface area contributed by atoms with Gasteiger partial charge in [-0.1, -0.05) is 0 Å². The molecule has 2 N–H and O–H groups in total. The molecule has 0 fully saturated rings. The lowest BCUT2D eigenvalue weighted by atomic mass is 10.4. The first-order valence-electron chi connectivity index (χ1n) is 2.90. The minimum atomic E-state index is -3.05. The number of hydrogen-bond acceptors (Lipinski definition) is 8. The standard InChI is InChI=1S/C3H6N2O8/c6-2-1-3(7,12-4(8)9)13-5(10)11/h6-7H,1-2H2. The molecule has 76 valence electrons. The molecule has 0 aliphatic rings. The molecule has 0 heterocycles. The van der Waals surface area contributed by atoms with Crippen LogP contribution in [0.3, 0.4) is 0 Å². The van der Waals surface area contributed by atoms with Crippen molar-refractivity contribution >= 4 is 0 Å². The predicted octanol–water partition coefficient (Wildman–Crippen LogP) is -1.57. The van der Waals surface area contributed by atoms with Crippen LogP contribution in [0.2, 0.25) is 0 Å². The minimum absolute atomic E-state index is 0.780. The minimum Gasteiger partial charge on any atom is -0.396 e. The Labute approximate surface area is 70.5 Å². The third kappa shape index (κ3) is 4.71. The van der Waals surface area contributed by atoms with Crippen LogP contribution in [0.25, 0.3) is 0 Å². The number of nitrogens with zero attached hydrogens (tertiary/aromatic N) is 2. The van der Waals surface area contributed by atoms with Crippen LogP contribution in [0.4, 0.5) is 0 Å². The highest BCUT2D eigenvalue weighted by molar-refractivity contribution is 4.47. The molecule has 10 nitrogen and oxygen atoms in total. The molecule has 0 spiro atoms. The Kier molecular flexibility index (Phi) is 3.81. The van der Waals surface area contributed by atoms with Gasteiger partial charge >= 0.3 is 5.97 Å². The number of rotatable bonds is 6. The smallest absolute Gasteiger partial charge is 0.366 e. The van der Waals surface area contributed by atoms with Gasteiger partial charge in [0.2, 0.25) is 0 Å². The monoisotopic (exact) mass is 198 g/mol. The Morgan fingerprint density at radius 2 is 1.62 bits per heavy atom. The van der Waals surface area contributed by atoms with Gasteiger partial charge in [-0.05, 0) is 0 Å². The third-order valence-corrected chi connectivity index (χ3v) is 0.862. The van der Waals surface area contributed by atoms with E-state index >= 15 is 0 Å². The van der Waals surface area contributed by atoms with Gasteiger partial charge in [0.1, 0.15) is 0 Å². The van der Waals surface area contributed by atoms with Crippen molar-refractivity contribution in [1.82, 2.24) is 0 Å². The molecule has 0 bridgehead atoms. The highest BCUT2D eigenvalue weighted by Crippen LogP contribution is 2.13. The van der Waals surface area contributed by atoms with Crippen LogP contribution in [0, 0.1) is 20.2 Å². The highest BCUT2D eigenvalue weighted by atomic mass is 17.1. The summed E-state index contributed by atoms with van der Waals surface area (Å²) in [6.07, 6.45) is -0.824. The van der Waals surface area contributed by atoms with Gasteiger partial charge in [-0.3, -0.25) is 0 Å². The van der Waals surface area contributed by atoms with Crippen LogP contribution in [0.15, 0.2) is 0 Å². The second-order valence-corrected chi connectivity index (χ2v) is 1.82. The second kappa shape index (κ2) is 4.37. The number of hydrogen-bond donors (Lipinski definition) is 2. The van der Waals surface area contributed by atoms with E-state index in [2.05, 4.69) is 9.68 Å². The Balaban J connectivity index is 4.32. The van der Waals surface area contributed by atoms with Crippen molar-refractivity contribution in [3.8, 4) is 0 Å². The maximum atomic E-state index is 9.71. The van der Waals surface area contributed by atoms with Gasteiger partial charge in [0, 0.05) is 6.61 Å². The molecule has 0 amide bonds. The molecule has 0 aromatic rings. The number of aliphatic hydroxyl groups excluding tert-OH is 1. The molecule has 13 heavy (non-hydrogen) atoms. The van der Waals surface area contributed by atoms with Crippen LogP contribution >= 0.6 is 0 Å². The Morgan fingerprint density at radius 1 is 1.23 bits per heavy atom. The SMILES string of the molecule is O=[N+]([O-])OC(O)(CCO)O[N+](=O)[O-]. The molecule has 0 aliphatic heterocycles. The Morgan fingerprint density at radius 3 is 1.85 bits per heavy atom. The third-order valence-electron chi connectivity index (χ3n) is 0.862. The predicted molar refractivity (Wildman–Crippen MR) is 32.8 cm³/mol. The quantitative estimate of drug-likeness (QED) is 0.295. The van der Waals surface area contributed by atoms with E-state index in [9.17, 15) is 20.2 Å². The van der Waals surface area contributed by atoms with Crippen LogP contribution in [0.5, 0.6) is 0 Å². The van der Waals surface area contributed by atoms with Gasteiger partial charge in [-0.25, -0.2) is 9.68 Å². The van der Waals surface area contributed by atoms with Gasteiger partial charge in [0.25, 0.3) is 10.2 Å². The lowest BCUT2D eigenvalue weighted by Crippen LogP contribution is -2.40. The molecule has 0 aromatic carbocycles.